The van der Waals surface area contributed by atoms with Gasteiger partial charge in [-0.1, -0.05) is 38.8 Å². The van der Waals surface area contributed by atoms with Crippen molar-refractivity contribution in [1.82, 2.24) is 0 Å². The highest BCUT2D eigenvalue weighted by molar-refractivity contribution is 5.92. The fraction of sp³-hybridized carbons (Fsp3) is 0.579. The van der Waals surface area contributed by atoms with Crippen LogP contribution in [-0.4, -0.2) is 18.5 Å². The van der Waals surface area contributed by atoms with E-state index in [0.29, 0.717) is 18.3 Å². The lowest BCUT2D eigenvalue weighted by atomic mass is 9.99. The molecule has 1 amide bonds. The van der Waals surface area contributed by atoms with E-state index in [0.717, 1.165) is 24.9 Å². The minimum absolute atomic E-state index is 0.210. The van der Waals surface area contributed by atoms with Crippen LogP contribution in [0.2, 0.25) is 0 Å². The highest BCUT2D eigenvalue weighted by Gasteiger charge is 2.19. The number of benzene rings is 1. The third-order valence-corrected chi connectivity index (χ3v) is 4.67. The first kappa shape index (κ1) is 17.5. The smallest absolute Gasteiger partial charge is 0.306 e. The summed E-state index contributed by atoms with van der Waals surface area (Å²) in [6.07, 6.45) is 6.13. The largest absolute Gasteiger partial charge is 0.456 e. The molecule has 1 aliphatic rings. The van der Waals surface area contributed by atoms with Gasteiger partial charge in [-0.25, -0.2) is 0 Å². The van der Waals surface area contributed by atoms with E-state index in [4.69, 9.17) is 4.74 Å². The molecule has 0 saturated heterocycles. The normalized spacial score (nSPS) is 16.1. The second-order valence-electron chi connectivity index (χ2n) is 6.49. The summed E-state index contributed by atoms with van der Waals surface area (Å²) in [5.74, 6) is 0.398. The highest BCUT2D eigenvalue weighted by Crippen LogP contribution is 2.27. The quantitative estimate of drug-likeness (QED) is 0.764. The highest BCUT2D eigenvalue weighted by atomic mass is 16.5. The lowest BCUT2D eigenvalue weighted by Crippen LogP contribution is -2.21. The molecule has 1 fully saturated rings. The molecule has 4 heteroatoms. The third kappa shape index (κ3) is 5.70. The Morgan fingerprint density at radius 2 is 1.87 bits per heavy atom. The van der Waals surface area contributed by atoms with Gasteiger partial charge in [0.25, 0.3) is 5.91 Å². The van der Waals surface area contributed by atoms with Crippen LogP contribution in [0.5, 0.6) is 0 Å². The van der Waals surface area contributed by atoms with Crippen molar-refractivity contribution in [3.8, 4) is 0 Å². The Kier molecular flexibility index (Phi) is 6.63. The first-order valence-electron chi connectivity index (χ1n) is 8.64. The van der Waals surface area contributed by atoms with Crippen molar-refractivity contribution in [2.24, 2.45) is 5.92 Å². The zero-order chi connectivity index (χ0) is 16.7. The van der Waals surface area contributed by atoms with Crippen molar-refractivity contribution >= 4 is 17.6 Å². The molecule has 0 aliphatic heterocycles. The predicted molar refractivity (Wildman–Crippen MR) is 91.3 cm³/mol. The third-order valence-electron chi connectivity index (χ3n) is 4.67. The summed E-state index contributed by atoms with van der Waals surface area (Å²) >= 11 is 0. The van der Waals surface area contributed by atoms with Crippen molar-refractivity contribution in [1.29, 1.82) is 0 Å². The molecule has 1 aromatic rings. The summed E-state index contributed by atoms with van der Waals surface area (Å²) in [7, 11) is 0. The van der Waals surface area contributed by atoms with Gasteiger partial charge in [0.05, 0.1) is 0 Å². The van der Waals surface area contributed by atoms with E-state index in [1.54, 1.807) is 0 Å². The number of nitrogens with one attached hydrogen (secondary N) is 1. The van der Waals surface area contributed by atoms with Gasteiger partial charge in [-0.05, 0) is 48.8 Å². The van der Waals surface area contributed by atoms with Crippen LogP contribution < -0.4 is 5.32 Å². The molecule has 23 heavy (non-hydrogen) atoms. The SMILES string of the molecule is CCC(C)c1ccc(NC(=O)COC(=O)CC2CCCC2)cc1. The minimum Gasteiger partial charge on any atom is -0.456 e. The number of hydrogen-bond acceptors (Lipinski definition) is 3. The number of carbonyl (C=O) groups excluding carboxylic acids is 2. The molecule has 1 unspecified atom stereocenters. The summed E-state index contributed by atoms with van der Waals surface area (Å²) in [5, 5.41) is 2.76. The Bertz CT molecular complexity index is 518. The van der Waals surface area contributed by atoms with E-state index >= 15 is 0 Å². The maximum Gasteiger partial charge on any atom is 0.306 e. The molecule has 2 rings (SSSR count). The average molecular weight is 317 g/mol. The second-order valence-corrected chi connectivity index (χ2v) is 6.49. The number of carbonyl (C=O) groups is 2. The Morgan fingerprint density at radius 3 is 2.48 bits per heavy atom. The van der Waals surface area contributed by atoms with Gasteiger partial charge in [0.2, 0.25) is 0 Å². The van der Waals surface area contributed by atoms with Gasteiger partial charge in [-0.15, -0.1) is 0 Å². The van der Waals surface area contributed by atoms with Crippen LogP contribution in [0.25, 0.3) is 0 Å². The number of esters is 1. The van der Waals surface area contributed by atoms with Crippen molar-refractivity contribution < 1.29 is 14.3 Å². The van der Waals surface area contributed by atoms with Crippen molar-refractivity contribution in [2.45, 2.75) is 58.3 Å². The zero-order valence-corrected chi connectivity index (χ0v) is 14.1. The molecule has 0 heterocycles. The maximum atomic E-state index is 11.8. The first-order chi connectivity index (χ1) is 11.1. The molecule has 4 nitrogen and oxygen atoms in total. The molecule has 1 atom stereocenters. The fourth-order valence-electron chi connectivity index (χ4n) is 2.98. The van der Waals surface area contributed by atoms with E-state index in [1.807, 2.05) is 24.3 Å². The summed E-state index contributed by atoms with van der Waals surface area (Å²) in [4.78, 5) is 23.5. The van der Waals surface area contributed by atoms with Crippen LogP contribution in [0.1, 0.15) is 63.9 Å². The number of ether oxygens (including phenoxy) is 1. The van der Waals surface area contributed by atoms with Crippen LogP contribution >= 0.6 is 0 Å². The van der Waals surface area contributed by atoms with Gasteiger partial charge in [0.15, 0.2) is 6.61 Å². The number of amides is 1. The maximum absolute atomic E-state index is 11.8. The van der Waals surface area contributed by atoms with Crippen molar-refractivity contribution in [3.05, 3.63) is 29.8 Å². The van der Waals surface area contributed by atoms with Crippen molar-refractivity contribution in [2.75, 3.05) is 11.9 Å². The summed E-state index contributed by atoms with van der Waals surface area (Å²) < 4.78 is 5.07. The van der Waals surface area contributed by atoms with Gasteiger partial charge >= 0.3 is 5.97 Å². The van der Waals surface area contributed by atoms with E-state index in [9.17, 15) is 9.59 Å². The monoisotopic (exact) mass is 317 g/mol. The van der Waals surface area contributed by atoms with Crippen molar-refractivity contribution in [3.63, 3.8) is 0 Å². The topological polar surface area (TPSA) is 55.4 Å². The molecule has 0 spiro atoms. The number of hydrogen-bond donors (Lipinski definition) is 1. The molecule has 0 radical (unpaired) electrons. The molecular formula is C19H27NO3. The zero-order valence-electron chi connectivity index (χ0n) is 14.1. The van der Waals surface area contributed by atoms with Gasteiger partial charge < -0.3 is 10.1 Å². The van der Waals surface area contributed by atoms with Crippen LogP contribution in [0.4, 0.5) is 5.69 Å². The molecular weight excluding hydrogens is 290 g/mol. The Hall–Kier alpha value is -1.84. The van der Waals surface area contributed by atoms with Crippen LogP contribution in [0.15, 0.2) is 24.3 Å². The first-order valence-corrected chi connectivity index (χ1v) is 8.64. The summed E-state index contributed by atoms with van der Waals surface area (Å²) in [6.45, 7) is 4.12. The van der Waals surface area contributed by atoms with Crippen LogP contribution in [0.3, 0.4) is 0 Å². The van der Waals surface area contributed by atoms with E-state index in [1.165, 1.54) is 18.4 Å². The van der Waals surface area contributed by atoms with Crippen LogP contribution in [0, 0.1) is 5.92 Å². The van der Waals surface area contributed by atoms with Gasteiger partial charge in [0.1, 0.15) is 0 Å². The van der Waals surface area contributed by atoms with Crippen LogP contribution in [-0.2, 0) is 14.3 Å². The van der Waals surface area contributed by atoms with E-state index in [-0.39, 0.29) is 18.5 Å². The fourth-order valence-corrected chi connectivity index (χ4v) is 2.98. The van der Waals surface area contributed by atoms with E-state index in [2.05, 4.69) is 19.2 Å². The Labute approximate surface area is 138 Å². The molecule has 0 aromatic heterocycles. The molecule has 1 aliphatic carbocycles. The molecule has 0 bridgehead atoms. The van der Waals surface area contributed by atoms with Gasteiger partial charge in [0, 0.05) is 12.1 Å². The number of rotatable bonds is 7. The Morgan fingerprint density at radius 1 is 1.22 bits per heavy atom. The average Bonchev–Trinajstić information content (AvgIpc) is 3.06. The molecule has 1 aromatic carbocycles. The minimum atomic E-state index is -0.291. The summed E-state index contributed by atoms with van der Waals surface area (Å²) in [6, 6.07) is 7.82. The lowest BCUT2D eigenvalue weighted by Gasteiger charge is -2.11. The van der Waals surface area contributed by atoms with Gasteiger partial charge in [-0.2, -0.15) is 0 Å². The molecule has 126 valence electrons. The second kappa shape index (κ2) is 8.70. The standard InChI is InChI=1S/C19H27NO3/c1-3-14(2)16-8-10-17(11-9-16)20-18(21)13-23-19(22)12-15-6-4-5-7-15/h8-11,14-15H,3-7,12-13H2,1-2H3,(H,20,21). The molecule has 1 N–H and O–H groups in total. The summed E-state index contributed by atoms with van der Waals surface area (Å²) in [5.41, 5.74) is 1.99. The van der Waals surface area contributed by atoms with Gasteiger partial charge in [-0.3, -0.25) is 9.59 Å². The molecule has 1 saturated carbocycles. The Balaban J connectivity index is 1.72. The lowest BCUT2D eigenvalue weighted by molar-refractivity contribution is -0.148. The van der Waals surface area contributed by atoms with E-state index < -0.39 is 0 Å². The predicted octanol–water partition coefficient (Wildman–Crippen LogP) is 4.26. The number of anilines is 1.